The standard InChI is InChI=1S/C23H29N5S.CH3NO/c1-6-27-8-7-16(10-27)21-15(5)19-18(13(2)3)20(26-23(19)29-21)17-9-14(4)22-24-12-25-28(22)11-17;2-1-3/h9,11-13,16,26H,6-8,10H2,1-5H3;1H,(H2,2,3). The lowest BCUT2D eigenvalue weighted by atomic mass is 9.94. The number of hydrogen-bond donors (Lipinski definition) is 2. The molecule has 5 heterocycles. The van der Waals surface area contributed by atoms with Crippen molar-refractivity contribution in [3.05, 3.63) is 40.2 Å². The molecule has 1 atom stereocenters. The number of likely N-dealkylation sites (tertiary alicyclic amines) is 1. The van der Waals surface area contributed by atoms with E-state index in [9.17, 15) is 0 Å². The summed E-state index contributed by atoms with van der Waals surface area (Å²) in [4.78, 5) is 22.2. The minimum Gasteiger partial charge on any atom is -0.372 e. The van der Waals surface area contributed by atoms with Gasteiger partial charge in [-0.25, -0.2) is 9.50 Å². The molecule has 0 saturated carbocycles. The summed E-state index contributed by atoms with van der Waals surface area (Å²) in [7, 11) is 0. The average Bonchev–Trinajstić information content (AvgIpc) is 3.52. The second-order valence-electron chi connectivity index (χ2n) is 8.82. The van der Waals surface area contributed by atoms with Gasteiger partial charge in [-0.15, -0.1) is 11.3 Å². The van der Waals surface area contributed by atoms with Gasteiger partial charge in [0.15, 0.2) is 5.65 Å². The van der Waals surface area contributed by atoms with Crippen molar-refractivity contribution in [1.82, 2.24) is 24.5 Å². The first-order valence-electron chi connectivity index (χ1n) is 11.2. The number of fused-ring (bicyclic) bond motifs is 2. The lowest BCUT2D eigenvalue weighted by Gasteiger charge is -2.14. The molecule has 0 aromatic carbocycles. The summed E-state index contributed by atoms with van der Waals surface area (Å²) in [6.07, 6.45) is 5.26. The maximum Gasteiger partial charge on any atom is 0.204 e. The number of aromatic nitrogens is 4. The summed E-state index contributed by atoms with van der Waals surface area (Å²) in [5, 5.41) is 5.82. The Labute approximate surface area is 192 Å². The molecule has 8 heteroatoms. The summed E-state index contributed by atoms with van der Waals surface area (Å²) in [5.74, 6) is 1.13. The zero-order chi connectivity index (χ0) is 23.0. The quantitative estimate of drug-likeness (QED) is 0.443. The van der Waals surface area contributed by atoms with Gasteiger partial charge in [-0.05, 0) is 62.0 Å². The van der Waals surface area contributed by atoms with E-state index in [1.165, 1.54) is 52.1 Å². The maximum absolute atomic E-state index is 8.58. The number of thiophene rings is 1. The zero-order valence-corrected chi connectivity index (χ0v) is 20.3. The summed E-state index contributed by atoms with van der Waals surface area (Å²) in [6.45, 7) is 14.9. The number of aryl methyl sites for hydroxylation is 2. The number of carbonyl (C=O) groups is 1. The second kappa shape index (κ2) is 9.03. The van der Waals surface area contributed by atoms with Crippen molar-refractivity contribution in [1.29, 1.82) is 0 Å². The highest BCUT2D eigenvalue weighted by Crippen LogP contribution is 2.45. The molecule has 1 fully saturated rings. The minimum atomic E-state index is 0.250. The number of likely N-dealkylation sites (N-methyl/N-ethyl adjacent to an activating group) is 1. The van der Waals surface area contributed by atoms with Crippen molar-refractivity contribution in [2.24, 2.45) is 5.73 Å². The lowest BCUT2D eigenvalue weighted by molar-refractivity contribution is -0.106. The van der Waals surface area contributed by atoms with Gasteiger partial charge >= 0.3 is 0 Å². The van der Waals surface area contributed by atoms with Crippen molar-refractivity contribution in [3.63, 3.8) is 0 Å². The highest BCUT2D eigenvalue weighted by Gasteiger charge is 2.29. The Morgan fingerprint density at radius 2 is 2.12 bits per heavy atom. The average molecular weight is 453 g/mol. The van der Waals surface area contributed by atoms with Crippen LogP contribution in [0.2, 0.25) is 0 Å². The fourth-order valence-corrected chi connectivity index (χ4v) is 6.36. The molecule has 1 amide bonds. The molecule has 0 aliphatic carbocycles. The highest BCUT2D eigenvalue weighted by atomic mass is 32.1. The number of amides is 1. The van der Waals surface area contributed by atoms with E-state index in [1.54, 1.807) is 11.2 Å². The second-order valence-corrected chi connectivity index (χ2v) is 9.87. The third kappa shape index (κ3) is 3.82. The number of hydrogen-bond acceptors (Lipinski definition) is 5. The number of nitrogens with zero attached hydrogens (tertiary/aromatic N) is 4. The van der Waals surface area contributed by atoms with E-state index < -0.39 is 0 Å². The van der Waals surface area contributed by atoms with Crippen LogP contribution in [0, 0.1) is 13.8 Å². The number of rotatable bonds is 4. The highest BCUT2D eigenvalue weighted by molar-refractivity contribution is 7.19. The maximum atomic E-state index is 8.58. The molecule has 5 rings (SSSR count). The molecular formula is C24H32N6OS. The molecule has 1 aliphatic rings. The normalized spacial score (nSPS) is 16.8. The minimum absolute atomic E-state index is 0.250. The zero-order valence-electron chi connectivity index (χ0n) is 19.5. The third-order valence-electron chi connectivity index (χ3n) is 6.48. The van der Waals surface area contributed by atoms with Gasteiger partial charge in [0.2, 0.25) is 6.41 Å². The number of nitrogens with one attached hydrogen (secondary N) is 1. The molecule has 0 spiro atoms. The number of H-pyrrole nitrogens is 1. The first-order valence-corrected chi connectivity index (χ1v) is 12.0. The Balaban J connectivity index is 0.000000775. The van der Waals surface area contributed by atoms with Gasteiger partial charge in [-0.2, -0.15) is 5.10 Å². The fraction of sp³-hybridized carbons (Fsp3) is 0.458. The molecule has 1 saturated heterocycles. The van der Waals surface area contributed by atoms with Crippen molar-refractivity contribution < 1.29 is 4.79 Å². The first-order chi connectivity index (χ1) is 15.4. The van der Waals surface area contributed by atoms with Crippen LogP contribution in [0.4, 0.5) is 0 Å². The fourth-order valence-electron chi connectivity index (χ4n) is 5.01. The molecule has 32 heavy (non-hydrogen) atoms. The Morgan fingerprint density at radius 1 is 1.38 bits per heavy atom. The van der Waals surface area contributed by atoms with Crippen molar-refractivity contribution >= 4 is 33.6 Å². The number of aromatic amines is 1. The molecule has 4 aromatic rings. The van der Waals surface area contributed by atoms with Crippen LogP contribution in [0.25, 0.3) is 27.1 Å². The van der Waals surface area contributed by atoms with E-state index in [0.29, 0.717) is 11.8 Å². The number of carbonyl (C=O) groups excluding carboxylic acids is 1. The van der Waals surface area contributed by atoms with E-state index in [0.717, 1.165) is 17.8 Å². The predicted octanol–water partition coefficient (Wildman–Crippen LogP) is 4.59. The summed E-state index contributed by atoms with van der Waals surface area (Å²) < 4.78 is 1.89. The van der Waals surface area contributed by atoms with Crippen LogP contribution in [-0.2, 0) is 4.79 Å². The number of nitrogens with two attached hydrogens (primary N) is 1. The van der Waals surface area contributed by atoms with Gasteiger partial charge in [0.1, 0.15) is 11.2 Å². The van der Waals surface area contributed by atoms with Gasteiger partial charge in [-0.3, -0.25) is 4.79 Å². The van der Waals surface area contributed by atoms with Gasteiger partial charge in [0.25, 0.3) is 0 Å². The Morgan fingerprint density at radius 3 is 2.78 bits per heavy atom. The van der Waals surface area contributed by atoms with Gasteiger partial charge in [0.05, 0.1) is 5.69 Å². The van der Waals surface area contributed by atoms with Crippen LogP contribution in [0.15, 0.2) is 18.6 Å². The Kier molecular flexibility index (Phi) is 6.35. The molecule has 4 aromatic heterocycles. The smallest absolute Gasteiger partial charge is 0.204 e. The molecule has 7 nitrogen and oxygen atoms in total. The van der Waals surface area contributed by atoms with Crippen LogP contribution < -0.4 is 5.73 Å². The van der Waals surface area contributed by atoms with Crippen LogP contribution in [0.1, 0.15) is 60.6 Å². The molecule has 3 N–H and O–H groups in total. The van der Waals surface area contributed by atoms with Crippen molar-refractivity contribution in [3.8, 4) is 11.3 Å². The summed E-state index contributed by atoms with van der Waals surface area (Å²) >= 11 is 1.97. The van der Waals surface area contributed by atoms with E-state index in [2.05, 4.69) is 72.6 Å². The molecule has 1 aliphatic heterocycles. The first kappa shape index (κ1) is 22.5. The van der Waals surface area contributed by atoms with Crippen molar-refractivity contribution in [2.75, 3.05) is 19.6 Å². The molecule has 170 valence electrons. The third-order valence-corrected chi connectivity index (χ3v) is 7.85. The SMILES string of the molecule is CCN1CCC(c2sc3[nH]c(-c4cc(C)c5ncnn5c4)c(C(C)C)c3c2C)C1.NC=O. The van der Waals surface area contributed by atoms with Crippen molar-refractivity contribution in [2.45, 2.75) is 52.9 Å². The van der Waals surface area contributed by atoms with Gasteiger partial charge < -0.3 is 15.6 Å². The molecule has 0 bridgehead atoms. The van der Waals surface area contributed by atoms with Crippen LogP contribution in [0.5, 0.6) is 0 Å². The summed E-state index contributed by atoms with van der Waals surface area (Å²) in [6, 6.07) is 2.23. The number of pyridine rings is 1. The van der Waals surface area contributed by atoms with Crippen LogP contribution in [-0.4, -0.2) is 50.5 Å². The Hall–Kier alpha value is -2.71. The Bertz CT molecular complexity index is 1250. The van der Waals surface area contributed by atoms with Crippen LogP contribution in [0.3, 0.4) is 0 Å². The molecule has 0 radical (unpaired) electrons. The van der Waals surface area contributed by atoms with E-state index >= 15 is 0 Å². The molecular weight excluding hydrogens is 420 g/mol. The van der Waals surface area contributed by atoms with Gasteiger partial charge in [0, 0.05) is 34.5 Å². The predicted molar refractivity (Wildman–Crippen MR) is 131 cm³/mol. The van der Waals surface area contributed by atoms with E-state index in [-0.39, 0.29) is 6.41 Å². The molecule has 1 unspecified atom stereocenters. The topological polar surface area (TPSA) is 92.3 Å². The lowest BCUT2D eigenvalue weighted by Crippen LogP contribution is -2.19. The number of primary amides is 1. The monoisotopic (exact) mass is 452 g/mol. The van der Waals surface area contributed by atoms with E-state index in [1.807, 2.05) is 15.9 Å². The van der Waals surface area contributed by atoms with Crippen LogP contribution >= 0.6 is 11.3 Å². The van der Waals surface area contributed by atoms with Gasteiger partial charge in [-0.1, -0.05) is 20.8 Å². The largest absolute Gasteiger partial charge is 0.372 e. The van der Waals surface area contributed by atoms with E-state index in [4.69, 9.17) is 4.79 Å². The summed E-state index contributed by atoms with van der Waals surface area (Å²) in [5.41, 5.74) is 11.6.